The van der Waals surface area contributed by atoms with Crippen LogP contribution >= 0.6 is 0 Å². The van der Waals surface area contributed by atoms with Gasteiger partial charge in [0.25, 0.3) is 5.91 Å². The van der Waals surface area contributed by atoms with E-state index in [0.717, 1.165) is 0 Å². The van der Waals surface area contributed by atoms with Crippen LogP contribution in [-0.2, 0) is 9.53 Å². The van der Waals surface area contributed by atoms with E-state index in [1.807, 2.05) is 0 Å². The number of carboxylic acid groups (broad SMARTS) is 1. The summed E-state index contributed by atoms with van der Waals surface area (Å²) in [4.78, 5) is 39.0. The lowest BCUT2D eigenvalue weighted by Gasteiger charge is -2.35. The fraction of sp³-hybridized carbons (Fsp3) is 0.471. The number of morpholine rings is 1. The van der Waals surface area contributed by atoms with Crippen molar-refractivity contribution in [1.82, 2.24) is 10.2 Å². The highest BCUT2D eigenvalue weighted by atomic mass is 16.5. The van der Waals surface area contributed by atoms with Crippen LogP contribution in [0.2, 0.25) is 0 Å². The number of rotatable bonds is 5. The molecule has 26 heavy (non-hydrogen) atoms. The van der Waals surface area contributed by atoms with E-state index >= 15 is 0 Å². The van der Waals surface area contributed by atoms with Gasteiger partial charge < -0.3 is 24.8 Å². The Morgan fingerprint density at radius 1 is 1.38 bits per heavy atom. The summed E-state index contributed by atoms with van der Waals surface area (Å²) in [5.41, 5.74) is 0.884. The van der Waals surface area contributed by atoms with Gasteiger partial charge in [-0.15, -0.1) is 0 Å². The highest BCUT2D eigenvalue weighted by molar-refractivity contribution is 6.00. The van der Waals surface area contributed by atoms with Gasteiger partial charge in [0.2, 0.25) is 0 Å². The van der Waals surface area contributed by atoms with Gasteiger partial charge in [-0.2, -0.15) is 0 Å². The lowest BCUT2D eigenvalue weighted by molar-refractivity contribution is -0.139. The lowest BCUT2D eigenvalue weighted by atomic mass is 10.1. The van der Waals surface area contributed by atoms with Gasteiger partial charge in [0, 0.05) is 25.2 Å². The van der Waals surface area contributed by atoms with E-state index in [9.17, 15) is 14.4 Å². The van der Waals surface area contributed by atoms with Crippen molar-refractivity contribution < 1.29 is 29.0 Å². The Kier molecular flexibility index (Phi) is 5.27. The number of carboxylic acids is 1. The summed E-state index contributed by atoms with van der Waals surface area (Å²) in [6, 6.07) is 4.10. The van der Waals surface area contributed by atoms with Gasteiger partial charge in [-0.3, -0.25) is 14.5 Å². The number of carbonyl (C=O) groups excluding carboxylic acids is 2. The molecule has 0 bridgehead atoms. The first kappa shape index (κ1) is 18.0. The van der Waals surface area contributed by atoms with Crippen molar-refractivity contribution in [1.29, 1.82) is 0 Å². The first-order chi connectivity index (χ1) is 12.5. The van der Waals surface area contributed by atoms with Gasteiger partial charge in [-0.25, -0.2) is 4.79 Å². The average molecular weight is 363 g/mol. The Bertz CT molecular complexity index is 722. The molecule has 9 nitrogen and oxygen atoms in total. The Morgan fingerprint density at radius 2 is 2.19 bits per heavy atom. The molecule has 0 saturated carbocycles. The van der Waals surface area contributed by atoms with Crippen LogP contribution in [0.25, 0.3) is 0 Å². The topological polar surface area (TPSA) is 108 Å². The SMILES string of the molecule is COc1ccc(C(=O)N2CCOCC2CC(=O)O)cc1N1CCNC1=O. The molecule has 0 radical (unpaired) electrons. The average Bonchev–Trinajstić information content (AvgIpc) is 3.06. The van der Waals surface area contributed by atoms with Crippen molar-refractivity contribution in [2.24, 2.45) is 0 Å². The largest absolute Gasteiger partial charge is 0.495 e. The number of benzene rings is 1. The fourth-order valence-electron chi connectivity index (χ4n) is 3.19. The lowest BCUT2D eigenvalue weighted by Crippen LogP contribution is -2.49. The maximum absolute atomic E-state index is 13.0. The molecule has 0 spiro atoms. The maximum atomic E-state index is 13.0. The zero-order chi connectivity index (χ0) is 18.7. The minimum Gasteiger partial charge on any atom is -0.495 e. The molecule has 2 N–H and O–H groups in total. The van der Waals surface area contributed by atoms with Crippen molar-refractivity contribution in [3.63, 3.8) is 0 Å². The molecule has 1 aromatic carbocycles. The quantitative estimate of drug-likeness (QED) is 0.790. The van der Waals surface area contributed by atoms with Crippen molar-refractivity contribution in [3.05, 3.63) is 23.8 Å². The van der Waals surface area contributed by atoms with E-state index in [1.54, 1.807) is 18.2 Å². The van der Waals surface area contributed by atoms with Crippen LogP contribution in [0, 0.1) is 0 Å². The Morgan fingerprint density at radius 3 is 2.85 bits per heavy atom. The number of anilines is 1. The number of nitrogens with zero attached hydrogens (tertiary/aromatic N) is 2. The standard InChI is InChI=1S/C17H21N3O6/c1-25-14-3-2-11(8-13(14)20-5-4-18-17(20)24)16(23)19-6-7-26-10-12(19)9-15(21)22/h2-3,8,12H,4-7,9-10H2,1H3,(H,18,24)(H,21,22). The van der Waals surface area contributed by atoms with Crippen LogP contribution in [0.1, 0.15) is 16.8 Å². The predicted octanol–water partition coefficient (Wildman–Crippen LogP) is 0.541. The summed E-state index contributed by atoms with van der Waals surface area (Å²) in [7, 11) is 1.50. The molecule has 2 fully saturated rings. The molecule has 140 valence electrons. The smallest absolute Gasteiger partial charge is 0.322 e. The number of nitrogens with one attached hydrogen (secondary N) is 1. The summed E-state index contributed by atoms with van der Waals surface area (Å²) in [5.74, 6) is -0.784. The van der Waals surface area contributed by atoms with Crippen LogP contribution in [-0.4, -0.2) is 73.9 Å². The minimum atomic E-state index is -0.984. The molecular formula is C17H21N3O6. The van der Waals surface area contributed by atoms with Gasteiger partial charge in [0.1, 0.15) is 5.75 Å². The van der Waals surface area contributed by atoms with Gasteiger partial charge in [-0.05, 0) is 18.2 Å². The molecule has 9 heteroatoms. The third-order valence-corrected chi connectivity index (χ3v) is 4.47. The first-order valence-corrected chi connectivity index (χ1v) is 8.35. The molecule has 1 aromatic rings. The molecule has 1 atom stereocenters. The molecule has 0 aliphatic carbocycles. The monoisotopic (exact) mass is 363 g/mol. The number of aliphatic carboxylic acids is 1. The molecule has 2 saturated heterocycles. The molecule has 3 rings (SSSR count). The van der Waals surface area contributed by atoms with Crippen LogP contribution < -0.4 is 15.0 Å². The Balaban J connectivity index is 1.89. The van der Waals surface area contributed by atoms with Crippen molar-refractivity contribution in [2.45, 2.75) is 12.5 Å². The number of ether oxygens (including phenoxy) is 2. The second-order valence-electron chi connectivity index (χ2n) is 6.10. The van der Waals surface area contributed by atoms with E-state index in [1.165, 1.54) is 16.9 Å². The summed E-state index contributed by atoms with van der Waals surface area (Å²) in [6.45, 7) is 1.87. The van der Waals surface area contributed by atoms with Crippen molar-refractivity contribution in [2.75, 3.05) is 44.9 Å². The fourth-order valence-corrected chi connectivity index (χ4v) is 3.19. The number of methoxy groups -OCH3 is 1. The van der Waals surface area contributed by atoms with Gasteiger partial charge in [-0.1, -0.05) is 0 Å². The normalized spacial score (nSPS) is 20.0. The zero-order valence-corrected chi connectivity index (χ0v) is 14.4. The zero-order valence-electron chi connectivity index (χ0n) is 14.4. The van der Waals surface area contributed by atoms with Crippen molar-refractivity contribution in [3.8, 4) is 5.75 Å². The number of hydrogen-bond acceptors (Lipinski definition) is 5. The molecule has 2 heterocycles. The molecular weight excluding hydrogens is 342 g/mol. The van der Waals surface area contributed by atoms with E-state index < -0.39 is 12.0 Å². The molecule has 3 amide bonds. The number of hydrogen-bond donors (Lipinski definition) is 2. The molecule has 2 aliphatic rings. The van der Waals surface area contributed by atoms with Crippen LogP contribution in [0.5, 0.6) is 5.75 Å². The predicted molar refractivity (Wildman–Crippen MR) is 91.6 cm³/mol. The highest BCUT2D eigenvalue weighted by Gasteiger charge is 2.31. The Labute approximate surface area is 150 Å². The van der Waals surface area contributed by atoms with E-state index in [-0.39, 0.29) is 25.0 Å². The molecule has 2 aliphatic heterocycles. The van der Waals surface area contributed by atoms with Crippen LogP contribution in [0.4, 0.5) is 10.5 Å². The molecule has 1 unspecified atom stereocenters. The second kappa shape index (κ2) is 7.61. The summed E-state index contributed by atoms with van der Waals surface area (Å²) >= 11 is 0. The summed E-state index contributed by atoms with van der Waals surface area (Å²) in [5, 5.41) is 11.8. The number of carbonyl (C=O) groups is 3. The Hall–Kier alpha value is -2.81. The van der Waals surface area contributed by atoms with Gasteiger partial charge in [0.05, 0.1) is 38.5 Å². The first-order valence-electron chi connectivity index (χ1n) is 8.35. The van der Waals surface area contributed by atoms with Gasteiger partial charge in [0.15, 0.2) is 0 Å². The van der Waals surface area contributed by atoms with Crippen molar-refractivity contribution >= 4 is 23.6 Å². The third kappa shape index (κ3) is 3.57. The van der Waals surface area contributed by atoms with Crippen LogP contribution in [0.15, 0.2) is 18.2 Å². The van der Waals surface area contributed by atoms with E-state index in [4.69, 9.17) is 14.6 Å². The van der Waals surface area contributed by atoms with E-state index in [2.05, 4.69) is 5.32 Å². The number of amides is 3. The maximum Gasteiger partial charge on any atom is 0.322 e. The second-order valence-corrected chi connectivity index (χ2v) is 6.10. The molecule has 0 aromatic heterocycles. The van der Waals surface area contributed by atoms with Crippen LogP contribution in [0.3, 0.4) is 0 Å². The third-order valence-electron chi connectivity index (χ3n) is 4.47. The minimum absolute atomic E-state index is 0.177. The number of urea groups is 1. The highest BCUT2D eigenvalue weighted by Crippen LogP contribution is 2.31. The van der Waals surface area contributed by atoms with Gasteiger partial charge >= 0.3 is 12.0 Å². The summed E-state index contributed by atoms with van der Waals surface area (Å²) < 4.78 is 10.6. The van der Waals surface area contributed by atoms with E-state index in [0.29, 0.717) is 43.2 Å². The summed E-state index contributed by atoms with van der Waals surface area (Å²) in [6.07, 6.45) is -0.177.